The second-order valence-electron chi connectivity index (χ2n) is 8.27. The molecule has 1 fully saturated rings. The highest BCUT2D eigenvalue weighted by molar-refractivity contribution is 5.86. The van der Waals surface area contributed by atoms with E-state index >= 15 is 0 Å². The molecule has 0 unspecified atom stereocenters. The average molecular weight is 340 g/mol. The zero-order valence-corrected chi connectivity index (χ0v) is 16.6. The molecule has 0 aromatic rings. The van der Waals surface area contributed by atoms with Crippen molar-refractivity contribution in [3.63, 3.8) is 0 Å². The minimum absolute atomic E-state index is 0.00949. The fourth-order valence-corrected chi connectivity index (χ4v) is 3.18. The molecule has 6 heteroatoms. The molecule has 0 radical (unpaired) electrons. The highest BCUT2D eigenvalue weighted by Crippen LogP contribution is 2.17. The first-order chi connectivity index (χ1) is 11.1. The van der Waals surface area contributed by atoms with E-state index in [1.165, 1.54) is 19.4 Å². The highest BCUT2D eigenvalue weighted by Gasteiger charge is 2.25. The lowest BCUT2D eigenvalue weighted by Crippen LogP contribution is -2.50. The van der Waals surface area contributed by atoms with E-state index in [0.29, 0.717) is 18.5 Å². The Kier molecular flexibility index (Phi) is 8.00. The predicted molar refractivity (Wildman–Crippen MR) is 101 cm³/mol. The molecule has 1 amide bonds. The number of hydrogen-bond acceptors (Lipinski definition) is 3. The van der Waals surface area contributed by atoms with E-state index in [4.69, 9.17) is 0 Å². The maximum Gasteiger partial charge on any atom is 0.240 e. The van der Waals surface area contributed by atoms with Crippen LogP contribution in [0, 0.1) is 5.92 Å². The Hall–Kier alpha value is -1.30. The molecule has 2 N–H and O–H groups in total. The van der Waals surface area contributed by atoms with Gasteiger partial charge in [0.25, 0.3) is 0 Å². The standard InChI is InChI=1S/C18H37N5O/c1-14(2)12-23-10-8-9-15(23)11-20-17(19-6)22(7)13-16(24)21-18(3,4)5/h14-15H,8-13H2,1-7H3,(H,19,20)(H,21,24)/t15-/m1/s1. The van der Waals surface area contributed by atoms with Crippen LogP contribution in [0.1, 0.15) is 47.5 Å². The van der Waals surface area contributed by atoms with Crippen molar-refractivity contribution in [2.24, 2.45) is 10.9 Å². The van der Waals surface area contributed by atoms with Crippen LogP contribution < -0.4 is 10.6 Å². The van der Waals surface area contributed by atoms with Gasteiger partial charge in [-0.3, -0.25) is 14.7 Å². The number of nitrogens with zero attached hydrogens (tertiary/aromatic N) is 3. The summed E-state index contributed by atoms with van der Waals surface area (Å²) in [6.45, 7) is 14.0. The van der Waals surface area contributed by atoms with Crippen LogP contribution in [0.5, 0.6) is 0 Å². The maximum absolute atomic E-state index is 12.1. The normalized spacial score (nSPS) is 19.7. The number of nitrogens with one attached hydrogen (secondary N) is 2. The van der Waals surface area contributed by atoms with Gasteiger partial charge in [-0.05, 0) is 46.1 Å². The van der Waals surface area contributed by atoms with Gasteiger partial charge < -0.3 is 15.5 Å². The van der Waals surface area contributed by atoms with E-state index in [9.17, 15) is 4.79 Å². The van der Waals surface area contributed by atoms with Crippen molar-refractivity contribution in [2.45, 2.75) is 59.0 Å². The van der Waals surface area contributed by atoms with Gasteiger partial charge in [-0.2, -0.15) is 0 Å². The number of likely N-dealkylation sites (tertiary alicyclic amines) is 1. The lowest BCUT2D eigenvalue weighted by Gasteiger charge is -2.29. The summed E-state index contributed by atoms with van der Waals surface area (Å²) in [6, 6.07) is 0.556. The van der Waals surface area contributed by atoms with E-state index in [2.05, 4.69) is 34.4 Å². The van der Waals surface area contributed by atoms with Crippen LogP contribution in [0.2, 0.25) is 0 Å². The van der Waals surface area contributed by atoms with E-state index in [-0.39, 0.29) is 11.4 Å². The van der Waals surface area contributed by atoms with Gasteiger partial charge in [0.2, 0.25) is 5.91 Å². The third kappa shape index (κ3) is 7.51. The quantitative estimate of drug-likeness (QED) is 0.569. The zero-order valence-electron chi connectivity index (χ0n) is 16.6. The fourth-order valence-electron chi connectivity index (χ4n) is 3.18. The highest BCUT2D eigenvalue weighted by atomic mass is 16.2. The van der Waals surface area contributed by atoms with Gasteiger partial charge in [0.05, 0.1) is 6.54 Å². The van der Waals surface area contributed by atoms with Gasteiger partial charge in [0.15, 0.2) is 5.96 Å². The second kappa shape index (κ2) is 9.25. The van der Waals surface area contributed by atoms with Gasteiger partial charge in [-0.1, -0.05) is 13.8 Å². The van der Waals surface area contributed by atoms with Crippen molar-refractivity contribution >= 4 is 11.9 Å². The van der Waals surface area contributed by atoms with Crippen LogP contribution >= 0.6 is 0 Å². The Bertz CT molecular complexity index is 428. The molecule has 0 bridgehead atoms. The first kappa shape index (κ1) is 20.7. The number of aliphatic imine (C=N–C) groups is 1. The molecule has 0 aromatic heterocycles. The fraction of sp³-hybridized carbons (Fsp3) is 0.889. The van der Waals surface area contributed by atoms with Crippen molar-refractivity contribution in [3.05, 3.63) is 0 Å². The Labute approximate surface area is 148 Å². The van der Waals surface area contributed by atoms with Crippen molar-refractivity contribution in [1.82, 2.24) is 20.4 Å². The van der Waals surface area contributed by atoms with Crippen molar-refractivity contribution in [1.29, 1.82) is 0 Å². The van der Waals surface area contributed by atoms with Crippen molar-refractivity contribution in [3.8, 4) is 0 Å². The van der Waals surface area contributed by atoms with Crippen molar-refractivity contribution in [2.75, 3.05) is 40.3 Å². The Morgan fingerprint density at radius 3 is 2.58 bits per heavy atom. The van der Waals surface area contributed by atoms with Crippen molar-refractivity contribution < 1.29 is 4.79 Å². The maximum atomic E-state index is 12.1. The Morgan fingerprint density at radius 2 is 2.04 bits per heavy atom. The molecule has 140 valence electrons. The Morgan fingerprint density at radius 1 is 1.38 bits per heavy atom. The molecule has 0 spiro atoms. The minimum Gasteiger partial charge on any atom is -0.355 e. The van der Waals surface area contributed by atoms with Gasteiger partial charge in [0.1, 0.15) is 0 Å². The summed E-state index contributed by atoms with van der Waals surface area (Å²) in [6.07, 6.45) is 2.49. The molecule has 1 heterocycles. The number of carbonyl (C=O) groups excluding carboxylic acids is 1. The molecule has 1 saturated heterocycles. The summed E-state index contributed by atoms with van der Waals surface area (Å²) in [5.74, 6) is 1.47. The lowest BCUT2D eigenvalue weighted by molar-refractivity contribution is -0.122. The molecular formula is C18H37N5O. The molecule has 1 rings (SSSR count). The van der Waals surface area contributed by atoms with Crippen LogP contribution in [0.3, 0.4) is 0 Å². The smallest absolute Gasteiger partial charge is 0.240 e. The third-order valence-corrected chi connectivity index (χ3v) is 4.06. The van der Waals surface area contributed by atoms with E-state index in [1.54, 1.807) is 7.05 Å². The molecule has 1 aliphatic heterocycles. The summed E-state index contributed by atoms with van der Waals surface area (Å²) in [5.41, 5.74) is -0.212. The first-order valence-corrected chi connectivity index (χ1v) is 9.09. The topological polar surface area (TPSA) is 60.0 Å². The number of rotatable bonds is 6. The summed E-state index contributed by atoms with van der Waals surface area (Å²) < 4.78 is 0. The molecule has 0 aromatic carbocycles. The number of hydrogen-bond donors (Lipinski definition) is 2. The van der Waals surface area contributed by atoms with E-state index in [0.717, 1.165) is 19.0 Å². The first-order valence-electron chi connectivity index (χ1n) is 9.09. The molecule has 0 aliphatic carbocycles. The van der Waals surface area contributed by atoms with Crippen LogP contribution in [0.25, 0.3) is 0 Å². The van der Waals surface area contributed by atoms with Gasteiger partial charge in [-0.15, -0.1) is 0 Å². The van der Waals surface area contributed by atoms with Crippen LogP contribution in [0.4, 0.5) is 0 Å². The van der Waals surface area contributed by atoms with Crippen LogP contribution in [-0.4, -0.2) is 73.5 Å². The lowest BCUT2D eigenvalue weighted by atomic mass is 10.1. The third-order valence-electron chi connectivity index (χ3n) is 4.06. The molecular weight excluding hydrogens is 302 g/mol. The predicted octanol–water partition coefficient (Wildman–Crippen LogP) is 1.53. The zero-order chi connectivity index (χ0) is 18.3. The molecule has 6 nitrogen and oxygen atoms in total. The summed E-state index contributed by atoms with van der Waals surface area (Å²) in [7, 11) is 3.67. The van der Waals surface area contributed by atoms with Gasteiger partial charge in [0, 0.05) is 38.8 Å². The van der Waals surface area contributed by atoms with Crippen LogP contribution in [0.15, 0.2) is 4.99 Å². The number of amides is 1. The van der Waals surface area contributed by atoms with E-state index < -0.39 is 0 Å². The van der Waals surface area contributed by atoms with Gasteiger partial charge in [-0.25, -0.2) is 0 Å². The summed E-state index contributed by atoms with van der Waals surface area (Å²) >= 11 is 0. The second-order valence-corrected chi connectivity index (χ2v) is 8.27. The average Bonchev–Trinajstić information content (AvgIpc) is 2.83. The molecule has 0 saturated carbocycles. The van der Waals surface area contributed by atoms with Gasteiger partial charge >= 0.3 is 0 Å². The molecule has 24 heavy (non-hydrogen) atoms. The number of carbonyl (C=O) groups is 1. The SMILES string of the molecule is CN=C(NC[C@H]1CCCN1CC(C)C)N(C)CC(=O)NC(C)(C)C. The van der Waals surface area contributed by atoms with E-state index in [1.807, 2.05) is 32.7 Å². The summed E-state index contributed by atoms with van der Waals surface area (Å²) in [4.78, 5) is 20.8. The number of likely N-dealkylation sites (N-methyl/N-ethyl adjacent to an activating group) is 1. The van der Waals surface area contributed by atoms with Crippen LogP contribution in [-0.2, 0) is 4.79 Å². The molecule has 1 aliphatic rings. The Balaban J connectivity index is 2.48. The number of guanidine groups is 1. The summed E-state index contributed by atoms with van der Waals surface area (Å²) in [5, 5.41) is 6.42. The molecule has 1 atom stereocenters. The monoisotopic (exact) mass is 339 g/mol. The minimum atomic E-state index is -0.212. The largest absolute Gasteiger partial charge is 0.355 e.